The Balaban J connectivity index is 2.43. The van der Waals surface area contributed by atoms with E-state index in [2.05, 4.69) is 5.32 Å². The Hall–Kier alpha value is -1.36. The zero-order chi connectivity index (χ0) is 14.8. The molecule has 1 aromatic carbocycles. The normalized spacial score (nSPS) is 23.0. The van der Waals surface area contributed by atoms with Crippen molar-refractivity contribution in [1.82, 2.24) is 5.32 Å². The maximum Gasteiger partial charge on any atom is 0.417 e. The van der Waals surface area contributed by atoms with Crippen LogP contribution in [0.25, 0.3) is 0 Å². The van der Waals surface area contributed by atoms with Crippen LogP contribution in [0.2, 0.25) is 0 Å². The standard InChI is InChI=1S/C15H18F3NO/c1-2-8-14(9-5-10-19-14)13(20)11-6-3-4-7-12(11)15(16,17)18/h3-4,6-7,19H,2,5,8-10H2,1H3. The van der Waals surface area contributed by atoms with Gasteiger partial charge in [-0.25, -0.2) is 0 Å². The third kappa shape index (κ3) is 2.73. The third-order valence-corrected chi connectivity index (χ3v) is 3.83. The maximum atomic E-state index is 13.0. The van der Waals surface area contributed by atoms with Gasteiger partial charge in [0.1, 0.15) is 0 Å². The number of halogens is 3. The molecule has 2 rings (SSSR count). The number of carbonyl (C=O) groups excluding carboxylic acids is 1. The van der Waals surface area contributed by atoms with Crippen LogP contribution in [0.5, 0.6) is 0 Å². The zero-order valence-corrected chi connectivity index (χ0v) is 11.4. The lowest BCUT2D eigenvalue weighted by atomic mass is 9.82. The van der Waals surface area contributed by atoms with Crippen LogP contribution >= 0.6 is 0 Å². The molecule has 20 heavy (non-hydrogen) atoms. The molecule has 1 N–H and O–H groups in total. The van der Waals surface area contributed by atoms with Crippen molar-refractivity contribution >= 4 is 5.78 Å². The van der Waals surface area contributed by atoms with E-state index in [-0.39, 0.29) is 5.56 Å². The highest BCUT2D eigenvalue weighted by molar-refractivity contribution is 6.04. The van der Waals surface area contributed by atoms with Crippen molar-refractivity contribution in [2.24, 2.45) is 0 Å². The minimum absolute atomic E-state index is 0.220. The summed E-state index contributed by atoms with van der Waals surface area (Å²) in [5, 5.41) is 3.13. The lowest BCUT2D eigenvalue weighted by Gasteiger charge is -2.28. The Bertz CT molecular complexity index is 490. The molecule has 1 fully saturated rings. The first-order valence-corrected chi connectivity index (χ1v) is 6.87. The summed E-state index contributed by atoms with van der Waals surface area (Å²) in [5.41, 5.74) is -1.88. The minimum Gasteiger partial charge on any atom is -0.305 e. The van der Waals surface area contributed by atoms with Gasteiger partial charge in [-0.15, -0.1) is 0 Å². The molecule has 0 spiro atoms. The van der Waals surface area contributed by atoms with E-state index in [1.165, 1.54) is 18.2 Å². The van der Waals surface area contributed by atoms with E-state index in [1.54, 1.807) is 0 Å². The number of nitrogens with one attached hydrogen (secondary N) is 1. The van der Waals surface area contributed by atoms with Gasteiger partial charge in [0.15, 0.2) is 5.78 Å². The molecule has 0 bridgehead atoms. The Morgan fingerprint density at radius 1 is 1.35 bits per heavy atom. The van der Waals surface area contributed by atoms with Gasteiger partial charge in [-0.1, -0.05) is 31.5 Å². The van der Waals surface area contributed by atoms with Crippen LogP contribution in [0.4, 0.5) is 13.2 Å². The first-order valence-electron chi connectivity index (χ1n) is 6.87. The molecule has 0 aromatic heterocycles. The van der Waals surface area contributed by atoms with Gasteiger partial charge in [-0.2, -0.15) is 13.2 Å². The van der Waals surface area contributed by atoms with Crippen LogP contribution in [-0.2, 0) is 6.18 Å². The molecule has 1 heterocycles. The molecule has 1 aromatic rings. The summed E-state index contributed by atoms with van der Waals surface area (Å²) in [5.74, 6) is -0.426. The third-order valence-electron chi connectivity index (χ3n) is 3.83. The second kappa shape index (κ2) is 5.56. The van der Waals surface area contributed by atoms with Crippen molar-refractivity contribution in [3.8, 4) is 0 Å². The summed E-state index contributed by atoms with van der Waals surface area (Å²) in [6, 6.07) is 5.05. The molecule has 1 aliphatic rings. The average molecular weight is 285 g/mol. The summed E-state index contributed by atoms with van der Waals surface area (Å²) in [7, 11) is 0. The van der Waals surface area contributed by atoms with Crippen LogP contribution in [0.1, 0.15) is 48.5 Å². The van der Waals surface area contributed by atoms with Crippen molar-refractivity contribution in [2.75, 3.05) is 6.54 Å². The van der Waals surface area contributed by atoms with Gasteiger partial charge in [0.2, 0.25) is 0 Å². The van der Waals surface area contributed by atoms with Crippen LogP contribution < -0.4 is 5.32 Å². The fourth-order valence-corrected chi connectivity index (χ4v) is 2.94. The topological polar surface area (TPSA) is 29.1 Å². The van der Waals surface area contributed by atoms with Crippen molar-refractivity contribution in [3.63, 3.8) is 0 Å². The molecular formula is C15H18F3NO. The Kier molecular flexibility index (Phi) is 4.18. The summed E-state index contributed by atoms with van der Waals surface area (Å²) in [6.07, 6.45) is -1.75. The fraction of sp³-hybridized carbons (Fsp3) is 0.533. The Morgan fingerprint density at radius 3 is 2.60 bits per heavy atom. The Labute approximate surface area is 116 Å². The van der Waals surface area contributed by atoms with E-state index in [4.69, 9.17) is 0 Å². The molecule has 0 saturated carbocycles. The molecule has 1 aliphatic heterocycles. The van der Waals surface area contributed by atoms with E-state index in [1.807, 2.05) is 6.92 Å². The van der Waals surface area contributed by atoms with Crippen LogP contribution in [0.3, 0.4) is 0 Å². The van der Waals surface area contributed by atoms with Gasteiger partial charge in [0, 0.05) is 5.56 Å². The predicted molar refractivity (Wildman–Crippen MR) is 70.7 cm³/mol. The molecule has 0 amide bonds. The van der Waals surface area contributed by atoms with Crippen molar-refractivity contribution in [3.05, 3.63) is 35.4 Å². The minimum atomic E-state index is -4.50. The molecule has 0 radical (unpaired) electrons. The highest BCUT2D eigenvalue weighted by Gasteiger charge is 2.44. The van der Waals surface area contributed by atoms with E-state index < -0.39 is 23.1 Å². The second-order valence-corrected chi connectivity index (χ2v) is 5.23. The molecule has 1 unspecified atom stereocenters. The van der Waals surface area contributed by atoms with Crippen LogP contribution in [0, 0.1) is 0 Å². The molecule has 5 heteroatoms. The van der Waals surface area contributed by atoms with E-state index >= 15 is 0 Å². The van der Waals surface area contributed by atoms with Gasteiger partial charge in [0.25, 0.3) is 0 Å². The van der Waals surface area contributed by atoms with Crippen molar-refractivity contribution in [2.45, 2.75) is 44.3 Å². The molecule has 1 saturated heterocycles. The fourth-order valence-electron chi connectivity index (χ4n) is 2.94. The molecule has 110 valence electrons. The number of hydrogen-bond acceptors (Lipinski definition) is 2. The van der Waals surface area contributed by atoms with Crippen molar-refractivity contribution in [1.29, 1.82) is 0 Å². The van der Waals surface area contributed by atoms with Crippen LogP contribution in [-0.4, -0.2) is 17.9 Å². The number of benzene rings is 1. The number of alkyl halides is 3. The SMILES string of the molecule is CCCC1(C(=O)c2ccccc2C(F)(F)F)CCCN1. The van der Waals surface area contributed by atoms with Gasteiger partial charge < -0.3 is 5.32 Å². The number of Topliss-reactive ketones (excluding diaryl/α,β-unsaturated/α-hetero) is 1. The lowest BCUT2D eigenvalue weighted by molar-refractivity contribution is -0.137. The van der Waals surface area contributed by atoms with Gasteiger partial charge in [0.05, 0.1) is 11.1 Å². The molecule has 1 atom stereocenters. The summed E-state index contributed by atoms with van der Waals surface area (Å²) in [6.45, 7) is 2.62. The largest absolute Gasteiger partial charge is 0.417 e. The van der Waals surface area contributed by atoms with Gasteiger partial charge in [-0.3, -0.25) is 4.79 Å². The molecule has 0 aliphatic carbocycles. The summed E-state index contributed by atoms with van der Waals surface area (Å²) >= 11 is 0. The van der Waals surface area contributed by atoms with E-state index in [0.29, 0.717) is 19.4 Å². The van der Waals surface area contributed by atoms with Crippen LogP contribution in [0.15, 0.2) is 24.3 Å². The smallest absolute Gasteiger partial charge is 0.305 e. The van der Waals surface area contributed by atoms with E-state index in [9.17, 15) is 18.0 Å². The number of ketones is 1. The summed E-state index contributed by atoms with van der Waals surface area (Å²) < 4.78 is 39.1. The molecular weight excluding hydrogens is 267 g/mol. The second-order valence-electron chi connectivity index (χ2n) is 5.23. The highest BCUT2D eigenvalue weighted by Crippen LogP contribution is 2.36. The first kappa shape index (κ1) is 15.0. The van der Waals surface area contributed by atoms with Crippen molar-refractivity contribution < 1.29 is 18.0 Å². The first-order chi connectivity index (χ1) is 9.41. The highest BCUT2D eigenvalue weighted by atomic mass is 19.4. The quantitative estimate of drug-likeness (QED) is 0.852. The monoisotopic (exact) mass is 285 g/mol. The Morgan fingerprint density at radius 2 is 2.05 bits per heavy atom. The van der Waals surface area contributed by atoms with Gasteiger partial charge in [-0.05, 0) is 31.9 Å². The average Bonchev–Trinajstić information content (AvgIpc) is 2.87. The van der Waals surface area contributed by atoms with Gasteiger partial charge >= 0.3 is 6.18 Å². The lowest BCUT2D eigenvalue weighted by Crippen LogP contribution is -2.48. The zero-order valence-electron chi connectivity index (χ0n) is 11.4. The number of hydrogen-bond donors (Lipinski definition) is 1. The number of carbonyl (C=O) groups is 1. The van der Waals surface area contributed by atoms with E-state index in [0.717, 1.165) is 18.9 Å². The number of rotatable bonds is 4. The summed E-state index contributed by atoms with van der Waals surface area (Å²) in [4.78, 5) is 12.7. The molecule has 2 nitrogen and oxygen atoms in total. The predicted octanol–water partition coefficient (Wildman–Crippen LogP) is 3.81. The maximum absolute atomic E-state index is 13.0.